The lowest BCUT2D eigenvalue weighted by molar-refractivity contribution is 0.102. The first-order valence-corrected chi connectivity index (χ1v) is 5.98. The number of anilines is 2. The number of nitrogens with one attached hydrogen (secondary N) is 2. The lowest BCUT2D eigenvalue weighted by Crippen LogP contribution is -2.15. The first kappa shape index (κ1) is 14.2. The summed E-state index contributed by atoms with van der Waals surface area (Å²) in [4.78, 5) is 15.8. The Bertz CT molecular complexity index is 664. The highest BCUT2D eigenvalue weighted by Crippen LogP contribution is 2.24. The number of pyridine rings is 1. The molecule has 104 valence electrons. The van der Waals surface area contributed by atoms with Gasteiger partial charge in [-0.05, 0) is 24.3 Å². The minimum atomic E-state index is -0.639. The molecule has 1 amide bonds. The van der Waals surface area contributed by atoms with E-state index in [0.29, 0.717) is 0 Å². The largest absolute Gasteiger partial charge is 0.372 e. The molecule has 0 aliphatic heterocycles. The van der Waals surface area contributed by atoms with E-state index in [1.54, 1.807) is 7.05 Å². The van der Waals surface area contributed by atoms with Crippen molar-refractivity contribution in [2.24, 2.45) is 0 Å². The van der Waals surface area contributed by atoms with Crippen molar-refractivity contribution < 1.29 is 13.6 Å². The van der Waals surface area contributed by atoms with Crippen LogP contribution >= 0.6 is 11.6 Å². The summed E-state index contributed by atoms with van der Waals surface area (Å²) < 4.78 is 26.1. The molecule has 0 saturated carbocycles. The molecular formula is C13H10ClF2N3O. The third-order valence-electron chi connectivity index (χ3n) is 2.52. The van der Waals surface area contributed by atoms with Gasteiger partial charge in [0.2, 0.25) is 0 Å². The van der Waals surface area contributed by atoms with E-state index >= 15 is 0 Å². The Hall–Kier alpha value is -2.21. The summed E-state index contributed by atoms with van der Waals surface area (Å²) in [5, 5.41) is 5.20. The second-order valence-electron chi connectivity index (χ2n) is 3.88. The third-order valence-corrected chi connectivity index (χ3v) is 2.83. The van der Waals surface area contributed by atoms with Crippen LogP contribution in [0.3, 0.4) is 0 Å². The Morgan fingerprint density at radius 3 is 2.65 bits per heavy atom. The van der Waals surface area contributed by atoms with Crippen molar-refractivity contribution in [1.82, 2.24) is 4.98 Å². The Labute approximate surface area is 118 Å². The molecule has 20 heavy (non-hydrogen) atoms. The number of nitrogens with zero attached hydrogens (tertiary/aromatic N) is 1. The summed E-state index contributed by atoms with van der Waals surface area (Å²) in [6, 6.07) is 4.59. The quantitative estimate of drug-likeness (QED) is 0.914. The molecule has 1 aromatic carbocycles. The molecule has 0 spiro atoms. The minimum absolute atomic E-state index is 0.0212. The van der Waals surface area contributed by atoms with Gasteiger partial charge in [0.15, 0.2) is 0 Å². The molecule has 2 N–H and O–H groups in total. The molecule has 0 unspecified atom stereocenters. The van der Waals surface area contributed by atoms with Crippen molar-refractivity contribution in [1.29, 1.82) is 0 Å². The van der Waals surface area contributed by atoms with E-state index in [9.17, 15) is 13.6 Å². The highest BCUT2D eigenvalue weighted by atomic mass is 35.5. The zero-order chi connectivity index (χ0) is 14.7. The molecule has 1 aromatic heterocycles. The fourth-order valence-corrected chi connectivity index (χ4v) is 1.81. The van der Waals surface area contributed by atoms with Gasteiger partial charge in [-0.3, -0.25) is 4.79 Å². The molecule has 0 aliphatic carbocycles. The molecule has 0 saturated heterocycles. The van der Waals surface area contributed by atoms with Crippen LogP contribution in [0.2, 0.25) is 5.02 Å². The van der Waals surface area contributed by atoms with Crippen LogP contribution in [0.25, 0.3) is 0 Å². The lowest BCUT2D eigenvalue weighted by Gasteiger charge is -2.10. The highest BCUT2D eigenvalue weighted by Gasteiger charge is 2.15. The van der Waals surface area contributed by atoms with Crippen LogP contribution in [0.15, 0.2) is 30.5 Å². The average molecular weight is 298 g/mol. The number of amides is 1. The summed E-state index contributed by atoms with van der Waals surface area (Å²) in [6.45, 7) is 0. The second-order valence-corrected chi connectivity index (χ2v) is 4.29. The third kappa shape index (κ3) is 3.03. The van der Waals surface area contributed by atoms with E-state index < -0.39 is 17.5 Å². The number of aromatic nitrogens is 1. The zero-order valence-corrected chi connectivity index (χ0v) is 11.1. The Morgan fingerprint density at radius 2 is 2.00 bits per heavy atom. The molecule has 1 heterocycles. The Morgan fingerprint density at radius 1 is 1.25 bits per heavy atom. The fourth-order valence-electron chi connectivity index (χ4n) is 1.59. The van der Waals surface area contributed by atoms with Crippen LogP contribution < -0.4 is 10.6 Å². The van der Waals surface area contributed by atoms with E-state index in [1.807, 2.05) is 0 Å². The number of carbonyl (C=O) groups excluding carboxylic acids is 1. The average Bonchev–Trinajstić information content (AvgIpc) is 2.41. The molecule has 0 atom stereocenters. The molecule has 7 heteroatoms. The van der Waals surface area contributed by atoms with Crippen LogP contribution in [0.1, 0.15) is 10.4 Å². The monoisotopic (exact) mass is 297 g/mol. The van der Waals surface area contributed by atoms with Crippen LogP contribution in [-0.2, 0) is 0 Å². The second kappa shape index (κ2) is 5.83. The van der Waals surface area contributed by atoms with E-state index in [4.69, 9.17) is 11.6 Å². The summed E-state index contributed by atoms with van der Waals surface area (Å²) in [7, 11) is 1.56. The predicted molar refractivity (Wildman–Crippen MR) is 73.1 cm³/mol. The minimum Gasteiger partial charge on any atom is -0.372 e. The van der Waals surface area contributed by atoms with Crippen LogP contribution in [0, 0.1) is 11.6 Å². The van der Waals surface area contributed by atoms with Gasteiger partial charge in [-0.15, -0.1) is 0 Å². The first-order valence-electron chi connectivity index (χ1n) is 5.61. The summed E-state index contributed by atoms with van der Waals surface area (Å²) >= 11 is 5.81. The van der Waals surface area contributed by atoms with Crippen molar-refractivity contribution in [3.8, 4) is 0 Å². The van der Waals surface area contributed by atoms with Gasteiger partial charge in [-0.2, -0.15) is 0 Å². The van der Waals surface area contributed by atoms with Crippen molar-refractivity contribution in [3.05, 3.63) is 52.7 Å². The smallest absolute Gasteiger partial charge is 0.259 e. The molecule has 0 aliphatic rings. The SMILES string of the molecule is CNc1ncc(F)cc1C(=O)Nc1ccc(F)cc1Cl. The van der Waals surface area contributed by atoms with Crippen LogP contribution in [0.4, 0.5) is 20.3 Å². The summed E-state index contributed by atoms with van der Waals surface area (Å²) in [5.41, 5.74) is 0.247. The highest BCUT2D eigenvalue weighted by molar-refractivity contribution is 6.34. The van der Waals surface area contributed by atoms with Gasteiger partial charge in [-0.1, -0.05) is 11.6 Å². The van der Waals surface area contributed by atoms with E-state index in [1.165, 1.54) is 6.07 Å². The maximum atomic E-state index is 13.2. The van der Waals surface area contributed by atoms with Gasteiger partial charge in [0.05, 0.1) is 22.5 Å². The van der Waals surface area contributed by atoms with Crippen molar-refractivity contribution >= 4 is 29.0 Å². The van der Waals surface area contributed by atoms with Crippen molar-refractivity contribution in [2.75, 3.05) is 17.7 Å². The van der Waals surface area contributed by atoms with Crippen molar-refractivity contribution in [2.45, 2.75) is 0 Å². The fraction of sp³-hybridized carbons (Fsp3) is 0.0769. The van der Waals surface area contributed by atoms with Gasteiger partial charge in [0.1, 0.15) is 17.5 Å². The number of hydrogen-bond donors (Lipinski definition) is 2. The molecule has 2 aromatic rings. The maximum Gasteiger partial charge on any atom is 0.259 e. The molecule has 4 nitrogen and oxygen atoms in total. The topological polar surface area (TPSA) is 54.0 Å². The van der Waals surface area contributed by atoms with Crippen molar-refractivity contribution in [3.63, 3.8) is 0 Å². The summed E-state index contributed by atoms with van der Waals surface area (Å²) in [5.74, 6) is -1.53. The molecule has 0 fully saturated rings. The summed E-state index contributed by atoms with van der Waals surface area (Å²) in [6.07, 6.45) is 0.994. The van der Waals surface area contributed by atoms with Gasteiger partial charge in [-0.25, -0.2) is 13.8 Å². The van der Waals surface area contributed by atoms with E-state index in [-0.39, 0.29) is 22.1 Å². The number of rotatable bonds is 3. The number of hydrogen-bond acceptors (Lipinski definition) is 3. The van der Waals surface area contributed by atoms with Crippen LogP contribution in [-0.4, -0.2) is 17.9 Å². The molecule has 0 radical (unpaired) electrons. The lowest BCUT2D eigenvalue weighted by atomic mass is 10.2. The first-order chi connectivity index (χ1) is 9.51. The van der Waals surface area contributed by atoms with E-state index in [0.717, 1.165) is 24.4 Å². The number of carbonyl (C=O) groups is 1. The molecule has 2 rings (SSSR count). The molecule has 0 bridgehead atoms. The molecular weight excluding hydrogens is 288 g/mol. The van der Waals surface area contributed by atoms with Gasteiger partial charge in [0.25, 0.3) is 5.91 Å². The van der Waals surface area contributed by atoms with Gasteiger partial charge < -0.3 is 10.6 Å². The normalized spacial score (nSPS) is 10.2. The number of halogens is 3. The van der Waals surface area contributed by atoms with Gasteiger partial charge in [0, 0.05) is 7.05 Å². The Balaban J connectivity index is 2.30. The Kier molecular flexibility index (Phi) is 4.14. The maximum absolute atomic E-state index is 13.2. The standard InChI is InChI=1S/C13H10ClF2N3O/c1-17-12-9(4-8(16)6-18-12)13(20)19-11-3-2-7(15)5-10(11)14/h2-6H,1H3,(H,17,18)(H,19,20). The van der Waals surface area contributed by atoms with E-state index in [2.05, 4.69) is 15.6 Å². The number of benzene rings is 1. The van der Waals surface area contributed by atoms with Gasteiger partial charge >= 0.3 is 0 Å². The predicted octanol–water partition coefficient (Wildman–Crippen LogP) is 3.31. The van der Waals surface area contributed by atoms with Crippen LogP contribution in [0.5, 0.6) is 0 Å². The zero-order valence-electron chi connectivity index (χ0n) is 10.4.